The Hall–Kier alpha value is -2.50. The van der Waals surface area contributed by atoms with E-state index < -0.39 is 11.6 Å². The van der Waals surface area contributed by atoms with Crippen LogP contribution in [0.3, 0.4) is 0 Å². The molecule has 0 aliphatic carbocycles. The van der Waals surface area contributed by atoms with Crippen LogP contribution >= 0.6 is 0 Å². The molecule has 1 heterocycles. The van der Waals surface area contributed by atoms with Gasteiger partial charge in [-0.05, 0) is 29.7 Å². The minimum atomic E-state index is -0.881. The Bertz CT molecular complexity index is 605. The van der Waals surface area contributed by atoms with E-state index in [4.69, 9.17) is 0 Å². The van der Waals surface area contributed by atoms with Crippen LogP contribution in [0.5, 0.6) is 0 Å². The van der Waals surface area contributed by atoms with Crippen LogP contribution in [0.4, 0.5) is 13.6 Å². The number of carbonyl (C=O) groups excluding carboxylic acids is 1. The molecule has 110 valence electrons. The number of halogens is 2. The van der Waals surface area contributed by atoms with Crippen LogP contribution in [0.15, 0.2) is 42.7 Å². The van der Waals surface area contributed by atoms with Gasteiger partial charge in [-0.1, -0.05) is 18.2 Å². The van der Waals surface area contributed by atoms with Crippen LogP contribution in [0, 0.1) is 11.6 Å². The van der Waals surface area contributed by atoms with E-state index in [2.05, 4.69) is 15.6 Å². The van der Waals surface area contributed by atoms with Crippen molar-refractivity contribution in [1.29, 1.82) is 0 Å². The fourth-order valence-electron chi connectivity index (χ4n) is 1.80. The zero-order valence-corrected chi connectivity index (χ0v) is 11.3. The Morgan fingerprint density at radius 2 is 2.00 bits per heavy atom. The molecule has 0 aliphatic heterocycles. The van der Waals surface area contributed by atoms with Crippen molar-refractivity contribution >= 4 is 6.03 Å². The van der Waals surface area contributed by atoms with Gasteiger partial charge in [-0.2, -0.15) is 0 Å². The van der Waals surface area contributed by atoms with Gasteiger partial charge in [0.2, 0.25) is 0 Å². The van der Waals surface area contributed by atoms with Crippen molar-refractivity contribution < 1.29 is 13.6 Å². The van der Waals surface area contributed by atoms with Crippen molar-refractivity contribution in [3.05, 3.63) is 65.5 Å². The van der Waals surface area contributed by atoms with E-state index in [1.165, 1.54) is 12.1 Å². The number of aromatic nitrogens is 1. The number of hydrogen-bond donors (Lipinski definition) is 2. The second-order valence-electron chi connectivity index (χ2n) is 4.43. The molecule has 6 heteroatoms. The summed E-state index contributed by atoms with van der Waals surface area (Å²) < 4.78 is 26.4. The molecular formula is C15H15F2N3O. The molecule has 0 spiro atoms. The maximum absolute atomic E-state index is 13.4. The maximum Gasteiger partial charge on any atom is 0.315 e. The third-order valence-corrected chi connectivity index (χ3v) is 2.89. The molecule has 4 nitrogen and oxygen atoms in total. The molecule has 1 aromatic carbocycles. The Morgan fingerprint density at radius 3 is 2.76 bits per heavy atom. The topological polar surface area (TPSA) is 54.0 Å². The van der Waals surface area contributed by atoms with E-state index in [0.29, 0.717) is 6.54 Å². The lowest BCUT2D eigenvalue weighted by Gasteiger charge is -2.08. The number of amides is 2. The van der Waals surface area contributed by atoms with Crippen LogP contribution in [0.2, 0.25) is 0 Å². The van der Waals surface area contributed by atoms with E-state index in [1.54, 1.807) is 18.5 Å². The highest BCUT2D eigenvalue weighted by atomic mass is 19.2. The first kappa shape index (κ1) is 14.9. The van der Waals surface area contributed by atoms with Gasteiger partial charge in [0, 0.05) is 25.5 Å². The number of benzene rings is 1. The first-order valence-corrected chi connectivity index (χ1v) is 6.50. The van der Waals surface area contributed by atoms with Gasteiger partial charge >= 0.3 is 6.03 Å². The molecule has 0 fully saturated rings. The monoisotopic (exact) mass is 291 g/mol. The fourth-order valence-corrected chi connectivity index (χ4v) is 1.80. The predicted molar refractivity (Wildman–Crippen MR) is 74.5 cm³/mol. The van der Waals surface area contributed by atoms with E-state index in [-0.39, 0.29) is 24.6 Å². The second kappa shape index (κ2) is 7.33. The summed E-state index contributed by atoms with van der Waals surface area (Å²) in [6, 6.07) is 7.25. The number of urea groups is 1. The minimum Gasteiger partial charge on any atom is -0.338 e. The van der Waals surface area contributed by atoms with Crippen LogP contribution in [0.1, 0.15) is 11.1 Å². The van der Waals surface area contributed by atoms with Crippen LogP contribution in [0.25, 0.3) is 0 Å². The molecule has 0 unspecified atom stereocenters. The minimum absolute atomic E-state index is 0.221. The SMILES string of the molecule is O=C(NCCc1cccc(F)c1F)NCc1cccnc1. The first-order valence-electron chi connectivity index (χ1n) is 6.50. The second-order valence-corrected chi connectivity index (χ2v) is 4.43. The van der Waals surface area contributed by atoms with Gasteiger partial charge in [-0.3, -0.25) is 4.98 Å². The molecule has 0 radical (unpaired) electrons. The third-order valence-electron chi connectivity index (χ3n) is 2.89. The Kier molecular flexibility index (Phi) is 5.20. The molecule has 0 bridgehead atoms. The molecule has 2 rings (SSSR count). The smallest absolute Gasteiger partial charge is 0.315 e. The van der Waals surface area contributed by atoms with E-state index in [1.807, 2.05) is 6.07 Å². The Labute approximate surface area is 121 Å². The molecule has 2 aromatic rings. The van der Waals surface area contributed by atoms with Crippen LogP contribution < -0.4 is 10.6 Å². The lowest BCUT2D eigenvalue weighted by Crippen LogP contribution is -2.36. The van der Waals surface area contributed by atoms with Crippen molar-refractivity contribution in [3.8, 4) is 0 Å². The number of nitrogens with one attached hydrogen (secondary N) is 2. The third kappa shape index (κ3) is 4.52. The van der Waals surface area contributed by atoms with Gasteiger partial charge < -0.3 is 10.6 Å². The van der Waals surface area contributed by atoms with Gasteiger partial charge in [0.25, 0.3) is 0 Å². The highest BCUT2D eigenvalue weighted by Crippen LogP contribution is 2.11. The Morgan fingerprint density at radius 1 is 1.14 bits per heavy atom. The summed E-state index contributed by atoms with van der Waals surface area (Å²) in [6.45, 7) is 0.577. The fraction of sp³-hybridized carbons (Fsp3) is 0.200. The molecule has 2 amide bonds. The number of carbonyl (C=O) groups is 1. The largest absolute Gasteiger partial charge is 0.338 e. The predicted octanol–water partition coefficient (Wildman–Crippen LogP) is 2.40. The first-order chi connectivity index (χ1) is 10.2. The summed E-state index contributed by atoms with van der Waals surface area (Å²) in [6.07, 6.45) is 3.53. The van der Waals surface area contributed by atoms with Crippen molar-refractivity contribution in [2.45, 2.75) is 13.0 Å². The summed E-state index contributed by atoms with van der Waals surface area (Å²) in [4.78, 5) is 15.5. The molecule has 21 heavy (non-hydrogen) atoms. The number of nitrogens with zero attached hydrogens (tertiary/aromatic N) is 1. The highest BCUT2D eigenvalue weighted by molar-refractivity contribution is 5.73. The quantitative estimate of drug-likeness (QED) is 0.889. The van der Waals surface area contributed by atoms with E-state index in [9.17, 15) is 13.6 Å². The van der Waals surface area contributed by atoms with Crippen molar-refractivity contribution in [3.63, 3.8) is 0 Å². The Balaban J connectivity index is 1.73. The summed E-state index contributed by atoms with van der Waals surface area (Å²) in [7, 11) is 0. The van der Waals surface area contributed by atoms with E-state index >= 15 is 0 Å². The molecule has 0 saturated heterocycles. The molecule has 0 aliphatic rings. The summed E-state index contributed by atoms with van der Waals surface area (Å²) in [5.74, 6) is -1.75. The zero-order chi connectivity index (χ0) is 15.1. The molecule has 0 saturated carbocycles. The summed E-state index contributed by atoms with van der Waals surface area (Å²) in [5.41, 5.74) is 1.12. The average molecular weight is 291 g/mol. The van der Waals surface area contributed by atoms with Crippen LogP contribution in [-0.2, 0) is 13.0 Å². The maximum atomic E-state index is 13.4. The standard InChI is InChI=1S/C15H15F2N3O/c16-13-5-1-4-12(14(13)17)6-8-19-15(21)20-10-11-3-2-7-18-9-11/h1-5,7,9H,6,8,10H2,(H2,19,20,21). The summed E-state index contributed by atoms with van der Waals surface area (Å²) in [5, 5.41) is 5.24. The number of pyridine rings is 1. The van der Waals surface area contributed by atoms with Crippen molar-refractivity contribution in [1.82, 2.24) is 15.6 Å². The summed E-state index contributed by atoms with van der Waals surface area (Å²) >= 11 is 0. The lowest BCUT2D eigenvalue weighted by molar-refractivity contribution is 0.240. The average Bonchev–Trinajstić information content (AvgIpc) is 2.50. The van der Waals surface area contributed by atoms with Crippen LogP contribution in [-0.4, -0.2) is 17.6 Å². The normalized spacial score (nSPS) is 10.2. The molecule has 1 aromatic heterocycles. The van der Waals surface area contributed by atoms with E-state index in [0.717, 1.165) is 11.6 Å². The van der Waals surface area contributed by atoms with Gasteiger partial charge in [0.15, 0.2) is 11.6 Å². The van der Waals surface area contributed by atoms with Gasteiger partial charge in [0.05, 0.1) is 0 Å². The molecule has 0 atom stereocenters. The van der Waals surface area contributed by atoms with Crippen molar-refractivity contribution in [2.75, 3.05) is 6.54 Å². The number of hydrogen-bond acceptors (Lipinski definition) is 2. The highest BCUT2D eigenvalue weighted by Gasteiger charge is 2.07. The van der Waals surface area contributed by atoms with Gasteiger partial charge in [-0.15, -0.1) is 0 Å². The molecular weight excluding hydrogens is 276 g/mol. The lowest BCUT2D eigenvalue weighted by atomic mass is 10.1. The molecule has 2 N–H and O–H groups in total. The van der Waals surface area contributed by atoms with Gasteiger partial charge in [0.1, 0.15) is 0 Å². The van der Waals surface area contributed by atoms with Crippen molar-refractivity contribution in [2.24, 2.45) is 0 Å². The van der Waals surface area contributed by atoms with Gasteiger partial charge in [-0.25, -0.2) is 13.6 Å². The number of rotatable bonds is 5. The zero-order valence-electron chi connectivity index (χ0n) is 11.3.